The fraction of sp³-hybridized carbons (Fsp3) is 0.357. The van der Waals surface area contributed by atoms with Crippen LogP contribution in [0.15, 0.2) is 24.4 Å². The fourth-order valence-corrected chi connectivity index (χ4v) is 1.78. The van der Waals surface area contributed by atoms with E-state index in [9.17, 15) is 0 Å². The maximum absolute atomic E-state index is 4.56. The third-order valence-corrected chi connectivity index (χ3v) is 3.06. The van der Waals surface area contributed by atoms with Crippen molar-refractivity contribution in [1.29, 1.82) is 0 Å². The van der Waals surface area contributed by atoms with Crippen molar-refractivity contribution in [2.24, 2.45) is 0 Å². The van der Waals surface area contributed by atoms with Gasteiger partial charge in [0.2, 0.25) is 0 Å². The second-order valence-electron chi connectivity index (χ2n) is 4.50. The van der Waals surface area contributed by atoms with E-state index in [2.05, 4.69) is 50.9 Å². The normalized spacial score (nSPS) is 11.3. The van der Waals surface area contributed by atoms with Gasteiger partial charge in [-0.15, -0.1) is 0 Å². The lowest BCUT2D eigenvalue weighted by Crippen LogP contribution is -1.92. The summed E-state index contributed by atoms with van der Waals surface area (Å²) in [6, 6.07) is 6.58. The minimum Gasteiger partial charge on any atom is -0.256 e. The lowest BCUT2D eigenvalue weighted by Gasteiger charge is -2.09. The number of hydrogen-bond acceptors (Lipinski definition) is 1. The summed E-state index contributed by atoms with van der Waals surface area (Å²) in [5.41, 5.74) is 5.06. The molecule has 0 spiro atoms. The van der Waals surface area contributed by atoms with Crippen molar-refractivity contribution in [3.8, 4) is 0 Å². The second kappa shape index (κ2) is 3.65. The topological polar surface area (TPSA) is 12.9 Å². The molecule has 15 heavy (non-hydrogen) atoms. The molecule has 0 bridgehead atoms. The van der Waals surface area contributed by atoms with Crippen LogP contribution in [0.4, 0.5) is 0 Å². The first-order valence-corrected chi connectivity index (χ1v) is 5.45. The molecule has 0 saturated carbocycles. The van der Waals surface area contributed by atoms with E-state index in [1.54, 1.807) is 0 Å². The number of aromatic nitrogens is 1. The van der Waals surface area contributed by atoms with Gasteiger partial charge in [0, 0.05) is 11.6 Å². The van der Waals surface area contributed by atoms with Gasteiger partial charge in [0.05, 0.1) is 5.52 Å². The molecule has 0 atom stereocenters. The molecule has 1 nitrogen and oxygen atoms in total. The smallest absolute Gasteiger partial charge is 0.0733 e. The Morgan fingerprint density at radius 1 is 1.13 bits per heavy atom. The van der Waals surface area contributed by atoms with Crippen LogP contribution in [0.25, 0.3) is 10.9 Å². The van der Waals surface area contributed by atoms with Gasteiger partial charge < -0.3 is 0 Å². The molecule has 0 unspecified atom stereocenters. The van der Waals surface area contributed by atoms with Crippen molar-refractivity contribution >= 4 is 10.9 Å². The van der Waals surface area contributed by atoms with Gasteiger partial charge in [-0.2, -0.15) is 0 Å². The average Bonchev–Trinajstić information content (AvgIpc) is 2.23. The molecular weight excluding hydrogens is 182 g/mol. The molecule has 0 fully saturated rings. The van der Waals surface area contributed by atoms with Crippen LogP contribution in [-0.4, -0.2) is 4.98 Å². The van der Waals surface area contributed by atoms with E-state index >= 15 is 0 Å². The van der Waals surface area contributed by atoms with Gasteiger partial charge in [-0.3, -0.25) is 4.98 Å². The standard InChI is InChI=1S/C14H17N/c1-9(2)13-7-12-6-5-10(3)11(4)14(12)15-8-13/h5-9H,1-4H3. The highest BCUT2D eigenvalue weighted by molar-refractivity contribution is 5.83. The summed E-state index contributed by atoms with van der Waals surface area (Å²) in [4.78, 5) is 4.56. The monoisotopic (exact) mass is 199 g/mol. The Morgan fingerprint density at radius 2 is 1.87 bits per heavy atom. The maximum Gasteiger partial charge on any atom is 0.0733 e. The summed E-state index contributed by atoms with van der Waals surface area (Å²) in [5.74, 6) is 0.545. The molecule has 0 radical (unpaired) electrons. The van der Waals surface area contributed by atoms with Crippen molar-refractivity contribution in [1.82, 2.24) is 4.98 Å². The van der Waals surface area contributed by atoms with Crippen molar-refractivity contribution in [2.45, 2.75) is 33.6 Å². The Labute approximate surface area is 91.2 Å². The minimum absolute atomic E-state index is 0.545. The average molecular weight is 199 g/mol. The van der Waals surface area contributed by atoms with Gasteiger partial charge in [0.25, 0.3) is 0 Å². The molecule has 0 aliphatic rings. The van der Waals surface area contributed by atoms with Gasteiger partial charge in [0.15, 0.2) is 0 Å². The molecule has 1 aromatic heterocycles. The van der Waals surface area contributed by atoms with Crippen LogP contribution in [-0.2, 0) is 0 Å². The molecule has 2 aromatic rings. The molecule has 1 heterocycles. The van der Waals surface area contributed by atoms with E-state index in [4.69, 9.17) is 0 Å². The molecule has 78 valence electrons. The summed E-state index contributed by atoms with van der Waals surface area (Å²) in [5, 5.41) is 1.25. The zero-order valence-corrected chi connectivity index (χ0v) is 9.83. The van der Waals surface area contributed by atoms with Gasteiger partial charge >= 0.3 is 0 Å². The highest BCUT2D eigenvalue weighted by atomic mass is 14.7. The number of benzene rings is 1. The molecule has 0 amide bonds. The van der Waals surface area contributed by atoms with Crippen LogP contribution in [0.1, 0.15) is 36.5 Å². The van der Waals surface area contributed by atoms with Crippen LogP contribution in [0.2, 0.25) is 0 Å². The molecule has 1 aromatic carbocycles. The first kappa shape index (κ1) is 10.2. The van der Waals surface area contributed by atoms with E-state index in [0.29, 0.717) is 5.92 Å². The van der Waals surface area contributed by atoms with Crippen molar-refractivity contribution < 1.29 is 0 Å². The van der Waals surface area contributed by atoms with Gasteiger partial charge in [0.1, 0.15) is 0 Å². The summed E-state index contributed by atoms with van der Waals surface area (Å²) in [6.45, 7) is 8.67. The number of rotatable bonds is 1. The van der Waals surface area contributed by atoms with Gasteiger partial charge in [-0.25, -0.2) is 0 Å². The SMILES string of the molecule is Cc1ccc2cc(C(C)C)cnc2c1C. The van der Waals surface area contributed by atoms with E-state index in [1.165, 1.54) is 22.1 Å². The van der Waals surface area contributed by atoms with E-state index < -0.39 is 0 Å². The highest BCUT2D eigenvalue weighted by Crippen LogP contribution is 2.23. The maximum atomic E-state index is 4.56. The Kier molecular flexibility index (Phi) is 2.47. The molecule has 0 aliphatic carbocycles. The molecule has 1 heteroatoms. The van der Waals surface area contributed by atoms with Gasteiger partial charge in [-0.1, -0.05) is 26.0 Å². The van der Waals surface area contributed by atoms with Gasteiger partial charge in [-0.05, 0) is 42.5 Å². The van der Waals surface area contributed by atoms with E-state index in [-0.39, 0.29) is 0 Å². The van der Waals surface area contributed by atoms with Crippen molar-refractivity contribution in [3.05, 3.63) is 41.1 Å². The first-order valence-electron chi connectivity index (χ1n) is 5.45. The second-order valence-corrected chi connectivity index (χ2v) is 4.50. The Balaban J connectivity index is 2.70. The molecule has 0 saturated heterocycles. The summed E-state index contributed by atoms with van der Waals surface area (Å²) in [6.07, 6.45) is 2.00. The van der Waals surface area contributed by atoms with Crippen LogP contribution in [0, 0.1) is 13.8 Å². The molecule has 0 aliphatic heterocycles. The Hall–Kier alpha value is -1.37. The number of nitrogens with zero attached hydrogens (tertiary/aromatic N) is 1. The summed E-state index contributed by atoms with van der Waals surface area (Å²) >= 11 is 0. The third-order valence-electron chi connectivity index (χ3n) is 3.06. The van der Waals surface area contributed by atoms with Crippen LogP contribution >= 0.6 is 0 Å². The predicted octanol–water partition coefficient (Wildman–Crippen LogP) is 3.98. The van der Waals surface area contributed by atoms with Crippen LogP contribution < -0.4 is 0 Å². The highest BCUT2D eigenvalue weighted by Gasteiger charge is 2.04. The summed E-state index contributed by atoms with van der Waals surface area (Å²) in [7, 11) is 0. The quantitative estimate of drug-likeness (QED) is 0.677. The number of fused-ring (bicyclic) bond motifs is 1. The number of aryl methyl sites for hydroxylation is 2. The Morgan fingerprint density at radius 3 is 2.53 bits per heavy atom. The van der Waals surface area contributed by atoms with Crippen molar-refractivity contribution in [2.75, 3.05) is 0 Å². The minimum atomic E-state index is 0.545. The number of hydrogen-bond donors (Lipinski definition) is 0. The van der Waals surface area contributed by atoms with Crippen LogP contribution in [0.5, 0.6) is 0 Å². The largest absolute Gasteiger partial charge is 0.256 e. The molecule has 2 rings (SSSR count). The fourth-order valence-electron chi connectivity index (χ4n) is 1.78. The number of pyridine rings is 1. The first-order chi connectivity index (χ1) is 7.09. The van der Waals surface area contributed by atoms with Crippen LogP contribution in [0.3, 0.4) is 0 Å². The summed E-state index contributed by atoms with van der Waals surface area (Å²) < 4.78 is 0. The molecule has 0 N–H and O–H groups in total. The third kappa shape index (κ3) is 1.74. The van der Waals surface area contributed by atoms with E-state index in [1.807, 2.05) is 6.20 Å². The molecular formula is C14H17N. The predicted molar refractivity (Wildman–Crippen MR) is 65.3 cm³/mol. The lowest BCUT2D eigenvalue weighted by atomic mass is 10.0. The van der Waals surface area contributed by atoms with E-state index in [0.717, 1.165) is 5.52 Å². The Bertz CT molecular complexity index is 498. The van der Waals surface area contributed by atoms with Crippen molar-refractivity contribution in [3.63, 3.8) is 0 Å². The zero-order chi connectivity index (χ0) is 11.0. The lowest BCUT2D eigenvalue weighted by molar-refractivity contribution is 0.862. The zero-order valence-electron chi connectivity index (χ0n) is 9.83.